The summed E-state index contributed by atoms with van der Waals surface area (Å²) in [7, 11) is 0. The number of carbonyl (C=O) groups is 1. The number of carbonyl (C=O) groups excluding carboxylic acids is 1. The van der Waals surface area contributed by atoms with Gasteiger partial charge in [-0.05, 0) is 36.4 Å². The van der Waals surface area contributed by atoms with Crippen molar-refractivity contribution in [1.82, 2.24) is 14.5 Å². The largest absolute Gasteiger partial charge is 0.368 e. The van der Waals surface area contributed by atoms with E-state index in [4.69, 9.17) is 4.98 Å². The fourth-order valence-electron chi connectivity index (χ4n) is 4.04. The van der Waals surface area contributed by atoms with Crippen molar-refractivity contribution in [3.8, 4) is 17.1 Å². The summed E-state index contributed by atoms with van der Waals surface area (Å²) >= 11 is 0. The Bertz CT molecular complexity index is 1140. The first-order valence-electron chi connectivity index (χ1n) is 10.7. The molecule has 5 rings (SSSR count). The zero-order valence-electron chi connectivity index (χ0n) is 17.6. The van der Waals surface area contributed by atoms with E-state index in [1.165, 1.54) is 12.1 Å². The Morgan fingerprint density at radius 2 is 1.38 bits per heavy atom. The summed E-state index contributed by atoms with van der Waals surface area (Å²) in [6.45, 7) is 2.58. The van der Waals surface area contributed by atoms with Gasteiger partial charge in [0.1, 0.15) is 17.3 Å². The molecule has 5 nitrogen and oxygen atoms in total. The summed E-state index contributed by atoms with van der Waals surface area (Å²) in [5, 5.41) is 0. The Labute approximate surface area is 186 Å². The van der Waals surface area contributed by atoms with Crippen molar-refractivity contribution in [3.63, 3.8) is 0 Å². The van der Waals surface area contributed by atoms with Crippen LogP contribution in [0.1, 0.15) is 10.5 Å². The number of rotatable bonds is 4. The SMILES string of the molecule is O=C(c1cn(-c2ccccc2)c(-c2ccccc2)n1)N1CCN(c2ccc(F)cc2)CC1. The van der Waals surface area contributed by atoms with E-state index in [9.17, 15) is 9.18 Å². The van der Waals surface area contributed by atoms with Crippen molar-refractivity contribution in [2.24, 2.45) is 0 Å². The average Bonchev–Trinajstić information content (AvgIpc) is 3.31. The molecule has 6 heteroatoms. The Morgan fingerprint density at radius 3 is 2.03 bits per heavy atom. The van der Waals surface area contributed by atoms with Gasteiger partial charge in [-0.3, -0.25) is 9.36 Å². The molecule has 0 radical (unpaired) electrons. The van der Waals surface area contributed by atoms with Crippen LogP contribution in [0.25, 0.3) is 17.1 Å². The highest BCUT2D eigenvalue weighted by atomic mass is 19.1. The van der Waals surface area contributed by atoms with E-state index in [2.05, 4.69) is 4.90 Å². The van der Waals surface area contributed by atoms with Crippen molar-refractivity contribution >= 4 is 11.6 Å². The van der Waals surface area contributed by atoms with Crippen LogP contribution in [0.4, 0.5) is 10.1 Å². The molecule has 3 aromatic carbocycles. The summed E-state index contributed by atoms with van der Waals surface area (Å²) < 4.78 is 15.2. The van der Waals surface area contributed by atoms with Gasteiger partial charge >= 0.3 is 0 Å². The molecule has 0 unspecified atom stereocenters. The van der Waals surface area contributed by atoms with E-state index in [-0.39, 0.29) is 11.7 Å². The summed E-state index contributed by atoms with van der Waals surface area (Å²) in [6.07, 6.45) is 1.83. The fraction of sp³-hybridized carbons (Fsp3) is 0.154. The Hall–Kier alpha value is -3.93. The number of hydrogen-bond donors (Lipinski definition) is 0. The smallest absolute Gasteiger partial charge is 0.274 e. The molecular weight excluding hydrogens is 403 g/mol. The van der Waals surface area contributed by atoms with Crippen LogP contribution >= 0.6 is 0 Å². The van der Waals surface area contributed by atoms with Gasteiger partial charge in [-0.2, -0.15) is 0 Å². The van der Waals surface area contributed by atoms with Crippen LogP contribution < -0.4 is 4.90 Å². The molecule has 0 spiro atoms. The number of aromatic nitrogens is 2. The lowest BCUT2D eigenvalue weighted by molar-refractivity contribution is 0.0741. The van der Waals surface area contributed by atoms with Gasteiger partial charge in [-0.25, -0.2) is 9.37 Å². The van der Waals surface area contributed by atoms with Crippen LogP contribution in [0.2, 0.25) is 0 Å². The molecule has 32 heavy (non-hydrogen) atoms. The Balaban J connectivity index is 1.38. The molecule has 0 N–H and O–H groups in total. The maximum absolute atomic E-state index is 13.3. The van der Waals surface area contributed by atoms with E-state index in [1.54, 1.807) is 12.1 Å². The van der Waals surface area contributed by atoms with E-state index in [1.807, 2.05) is 76.3 Å². The minimum Gasteiger partial charge on any atom is -0.368 e. The summed E-state index contributed by atoms with van der Waals surface area (Å²) in [5.41, 5.74) is 3.32. The van der Waals surface area contributed by atoms with Crippen molar-refractivity contribution in [3.05, 3.63) is 103 Å². The summed E-state index contributed by atoms with van der Waals surface area (Å²) in [5.74, 6) is 0.423. The van der Waals surface area contributed by atoms with Crippen LogP contribution in [0.5, 0.6) is 0 Å². The molecule has 1 saturated heterocycles. The standard InChI is InChI=1S/C26H23FN4O/c27-21-11-13-22(14-12-21)29-15-17-30(18-16-29)26(32)24-19-31(23-9-5-2-6-10-23)25(28-24)20-7-3-1-4-8-20/h1-14,19H,15-18H2. The quantitative estimate of drug-likeness (QED) is 0.477. The highest BCUT2D eigenvalue weighted by Crippen LogP contribution is 2.24. The van der Waals surface area contributed by atoms with Gasteiger partial charge in [0.15, 0.2) is 0 Å². The van der Waals surface area contributed by atoms with E-state index < -0.39 is 0 Å². The lowest BCUT2D eigenvalue weighted by Gasteiger charge is -2.35. The number of benzene rings is 3. The molecular formula is C26H23FN4O. The van der Waals surface area contributed by atoms with E-state index in [0.717, 1.165) is 22.8 Å². The summed E-state index contributed by atoms with van der Waals surface area (Å²) in [6, 6.07) is 26.3. The normalized spacial score (nSPS) is 13.9. The molecule has 1 aromatic heterocycles. The first kappa shape index (κ1) is 20.0. The number of imidazole rings is 1. The third-order valence-electron chi connectivity index (χ3n) is 5.75. The minimum atomic E-state index is -0.245. The van der Waals surface area contributed by atoms with Crippen LogP contribution in [-0.4, -0.2) is 46.5 Å². The molecule has 0 atom stereocenters. The van der Waals surface area contributed by atoms with Crippen molar-refractivity contribution in [2.45, 2.75) is 0 Å². The van der Waals surface area contributed by atoms with Gasteiger partial charge in [0, 0.05) is 49.3 Å². The number of piperazine rings is 1. The zero-order chi connectivity index (χ0) is 21.9. The maximum Gasteiger partial charge on any atom is 0.274 e. The first-order chi connectivity index (χ1) is 15.7. The molecule has 2 heterocycles. The zero-order valence-corrected chi connectivity index (χ0v) is 17.6. The highest BCUT2D eigenvalue weighted by molar-refractivity contribution is 5.93. The molecule has 160 valence electrons. The molecule has 0 bridgehead atoms. The van der Waals surface area contributed by atoms with Gasteiger partial charge in [-0.15, -0.1) is 0 Å². The predicted octanol–water partition coefficient (Wildman–Crippen LogP) is 4.64. The average molecular weight is 426 g/mol. The first-order valence-corrected chi connectivity index (χ1v) is 10.7. The highest BCUT2D eigenvalue weighted by Gasteiger charge is 2.25. The van der Waals surface area contributed by atoms with Gasteiger partial charge in [-0.1, -0.05) is 48.5 Å². The van der Waals surface area contributed by atoms with Gasteiger partial charge in [0.25, 0.3) is 5.91 Å². The van der Waals surface area contributed by atoms with Crippen LogP contribution in [0, 0.1) is 5.82 Å². The van der Waals surface area contributed by atoms with Crippen molar-refractivity contribution in [2.75, 3.05) is 31.1 Å². The number of nitrogens with zero attached hydrogens (tertiary/aromatic N) is 4. The van der Waals surface area contributed by atoms with Gasteiger partial charge in [0.2, 0.25) is 0 Å². The van der Waals surface area contributed by atoms with Crippen molar-refractivity contribution < 1.29 is 9.18 Å². The molecule has 0 aliphatic carbocycles. The van der Waals surface area contributed by atoms with E-state index >= 15 is 0 Å². The van der Waals surface area contributed by atoms with Crippen LogP contribution in [0.15, 0.2) is 91.1 Å². The molecule has 1 fully saturated rings. The minimum absolute atomic E-state index is 0.0735. The predicted molar refractivity (Wildman–Crippen MR) is 124 cm³/mol. The fourth-order valence-corrected chi connectivity index (χ4v) is 4.04. The maximum atomic E-state index is 13.3. The van der Waals surface area contributed by atoms with E-state index in [0.29, 0.717) is 31.9 Å². The van der Waals surface area contributed by atoms with Crippen LogP contribution in [0.3, 0.4) is 0 Å². The number of anilines is 1. The third kappa shape index (κ3) is 3.99. The second kappa shape index (κ2) is 8.67. The molecule has 0 saturated carbocycles. The molecule has 4 aromatic rings. The van der Waals surface area contributed by atoms with Gasteiger partial charge < -0.3 is 9.80 Å². The Morgan fingerprint density at radius 1 is 0.750 bits per heavy atom. The molecule has 1 aliphatic heterocycles. The lowest BCUT2D eigenvalue weighted by atomic mass is 10.2. The molecule has 1 aliphatic rings. The van der Waals surface area contributed by atoms with Gasteiger partial charge in [0.05, 0.1) is 0 Å². The van der Waals surface area contributed by atoms with Crippen molar-refractivity contribution in [1.29, 1.82) is 0 Å². The number of para-hydroxylation sites is 1. The summed E-state index contributed by atoms with van der Waals surface area (Å²) in [4.78, 5) is 22.0. The Kier molecular flexibility index (Phi) is 5.42. The third-order valence-corrected chi connectivity index (χ3v) is 5.75. The van der Waals surface area contributed by atoms with Crippen LogP contribution in [-0.2, 0) is 0 Å². The monoisotopic (exact) mass is 426 g/mol. The topological polar surface area (TPSA) is 41.4 Å². The second-order valence-electron chi connectivity index (χ2n) is 7.78. The number of hydrogen-bond acceptors (Lipinski definition) is 3. The number of amides is 1. The number of halogens is 1. The molecule has 1 amide bonds. The lowest BCUT2D eigenvalue weighted by Crippen LogP contribution is -2.48. The second-order valence-corrected chi connectivity index (χ2v) is 7.78.